The van der Waals surface area contributed by atoms with Gasteiger partial charge in [-0.2, -0.15) is 4.52 Å². The van der Waals surface area contributed by atoms with Gasteiger partial charge in [0.25, 0.3) is 0 Å². The van der Waals surface area contributed by atoms with E-state index in [4.69, 9.17) is 5.10 Å². The zero-order chi connectivity index (χ0) is 18.1. The van der Waals surface area contributed by atoms with Gasteiger partial charge in [-0.25, -0.2) is 0 Å². The molecule has 6 heteroatoms. The molecule has 1 unspecified atom stereocenters. The van der Waals surface area contributed by atoms with Crippen molar-refractivity contribution >= 4 is 17.2 Å². The average molecular weight is 350 g/mol. The summed E-state index contributed by atoms with van der Waals surface area (Å²) in [6, 6.07) is 14.6. The normalized spacial score (nSPS) is 17.8. The number of fused-ring (bicyclic) bond motifs is 1. The molecule has 3 aromatic rings. The Balaban J connectivity index is 1.42. The fourth-order valence-corrected chi connectivity index (χ4v) is 3.47. The van der Waals surface area contributed by atoms with Crippen LogP contribution in [0.15, 0.2) is 42.5 Å². The fraction of sp³-hybridized carbons (Fsp3) is 0.450. The largest absolute Gasteiger partial charge is 0.371 e. The fourth-order valence-electron chi connectivity index (χ4n) is 3.47. The molecule has 0 saturated carbocycles. The minimum absolute atomic E-state index is 0.0906. The van der Waals surface area contributed by atoms with E-state index in [0.717, 1.165) is 36.9 Å². The third kappa shape index (κ3) is 3.36. The molecule has 0 bridgehead atoms. The quantitative estimate of drug-likeness (QED) is 0.782. The zero-order valence-corrected chi connectivity index (χ0v) is 15.7. The van der Waals surface area contributed by atoms with Crippen molar-refractivity contribution in [1.82, 2.24) is 19.8 Å². The summed E-state index contributed by atoms with van der Waals surface area (Å²) in [4.78, 5) is 2.46. The minimum atomic E-state index is -0.0906. The third-order valence-electron chi connectivity index (χ3n) is 4.91. The van der Waals surface area contributed by atoms with Crippen LogP contribution in [0.1, 0.15) is 33.0 Å². The second-order valence-corrected chi connectivity index (χ2v) is 8.08. The average Bonchev–Trinajstić information content (AvgIpc) is 3.27. The first-order valence-corrected chi connectivity index (χ1v) is 9.27. The molecular weight excluding hydrogens is 324 g/mol. The van der Waals surface area contributed by atoms with Crippen LogP contribution in [0.5, 0.6) is 0 Å². The standard InChI is InChI=1S/C20H26N6/c1-20(2,3)19-23-22-18-10-9-17(24-26(18)19)21-13-15-11-12-25(14-15)16-7-5-4-6-8-16/h4-10,15H,11-14H2,1-3H3,(H,21,24). The Morgan fingerprint density at radius 2 is 1.88 bits per heavy atom. The number of nitrogens with one attached hydrogen (secondary N) is 1. The molecule has 1 aromatic carbocycles. The van der Waals surface area contributed by atoms with Crippen LogP contribution in [-0.4, -0.2) is 39.4 Å². The van der Waals surface area contributed by atoms with Gasteiger partial charge in [-0.1, -0.05) is 39.0 Å². The predicted molar refractivity (Wildman–Crippen MR) is 105 cm³/mol. The van der Waals surface area contributed by atoms with Crippen molar-refractivity contribution in [3.8, 4) is 0 Å². The Labute approximate surface area is 154 Å². The summed E-state index contributed by atoms with van der Waals surface area (Å²) in [5.41, 5.74) is 2.01. The first-order chi connectivity index (χ1) is 12.5. The Kier molecular flexibility index (Phi) is 4.26. The lowest BCUT2D eigenvalue weighted by molar-refractivity contribution is 0.526. The number of rotatable bonds is 4. The van der Waals surface area contributed by atoms with E-state index in [1.54, 1.807) is 0 Å². The summed E-state index contributed by atoms with van der Waals surface area (Å²) in [6.07, 6.45) is 1.20. The first-order valence-electron chi connectivity index (χ1n) is 9.27. The van der Waals surface area contributed by atoms with Crippen LogP contribution >= 0.6 is 0 Å². The zero-order valence-electron chi connectivity index (χ0n) is 15.7. The van der Waals surface area contributed by atoms with Crippen LogP contribution in [0, 0.1) is 5.92 Å². The molecule has 1 saturated heterocycles. The van der Waals surface area contributed by atoms with Crippen molar-refractivity contribution in [2.45, 2.75) is 32.6 Å². The number of anilines is 2. The molecule has 1 fully saturated rings. The van der Waals surface area contributed by atoms with E-state index < -0.39 is 0 Å². The van der Waals surface area contributed by atoms with Crippen LogP contribution in [-0.2, 0) is 5.41 Å². The molecule has 2 aromatic heterocycles. The van der Waals surface area contributed by atoms with E-state index in [-0.39, 0.29) is 5.41 Å². The highest BCUT2D eigenvalue weighted by Gasteiger charge is 2.24. The summed E-state index contributed by atoms with van der Waals surface area (Å²) >= 11 is 0. The van der Waals surface area contributed by atoms with E-state index in [1.165, 1.54) is 12.1 Å². The number of para-hydroxylation sites is 1. The molecule has 0 spiro atoms. The van der Waals surface area contributed by atoms with E-state index in [2.05, 4.69) is 71.5 Å². The summed E-state index contributed by atoms with van der Waals surface area (Å²) in [5, 5.41) is 16.7. The molecule has 0 radical (unpaired) electrons. The second kappa shape index (κ2) is 6.59. The van der Waals surface area contributed by atoms with Gasteiger partial charge in [-0.3, -0.25) is 0 Å². The lowest BCUT2D eigenvalue weighted by atomic mass is 9.96. The molecule has 1 aliphatic rings. The summed E-state index contributed by atoms with van der Waals surface area (Å²) in [5.74, 6) is 2.38. The Bertz CT molecular complexity index is 880. The Hall–Kier alpha value is -2.63. The lowest BCUT2D eigenvalue weighted by Gasteiger charge is -2.19. The molecular formula is C20H26N6. The van der Waals surface area contributed by atoms with Crippen LogP contribution in [0.4, 0.5) is 11.5 Å². The van der Waals surface area contributed by atoms with Crippen LogP contribution in [0.2, 0.25) is 0 Å². The van der Waals surface area contributed by atoms with Gasteiger partial charge in [-0.05, 0) is 36.6 Å². The maximum absolute atomic E-state index is 4.71. The summed E-state index contributed by atoms with van der Waals surface area (Å²) in [7, 11) is 0. The highest BCUT2D eigenvalue weighted by molar-refractivity contribution is 5.47. The van der Waals surface area contributed by atoms with Crippen molar-refractivity contribution in [3.63, 3.8) is 0 Å². The SMILES string of the molecule is CC(C)(C)c1nnc2ccc(NCC3CCN(c4ccccc4)C3)nn12. The van der Waals surface area contributed by atoms with Gasteiger partial charge >= 0.3 is 0 Å². The van der Waals surface area contributed by atoms with Crippen molar-refractivity contribution in [1.29, 1.82) is 0 Å². The molecule has 26 heavy (non-hydrogen) atoms. The minimum Gasteiger partial charge on any atom is -0.371 e. The molecule has 1 aliphatic heterocycles. The maximum Gasteiger partial charge on any atom is 0.178 e. The predicted octanol–water partition coefficient (Wildman–Crippen LogP) is 3.36. The molecule has 136 valence electrons. The van der Waals surface area contributed by atoms with Crippen molar-refractivity contribution in [2.75, 3.05) is 29.9 Å². The topological polar surface area (TPSA) is 58.4 Å². The maximum atomic E-state index is 4.71. The van der Waals surface area contributed by atoms with Gasteiger partial charge in [0.1, 0.15) is 5.82 Å². The number of aromatic nitrogens is 4. The van der Waals surface area contributed by atoms with Crippen molar-refractivity contribution in [3.05, 3.63) is 48.3 Å². The van der Waals surface area contributed by atoms with Gasteiger partial charge in [0.05, 0.1) is 0 Å². The number of benzene rings is 1. The van der Waals surface area contributed by atoms with E-state index in [0.29, 0.717) is 5.92 Å². The Morgan fingerprint density at radius 3 is 2.65 bits per heavy atom. The van der Waals surface area contributed by atoms with Gasteiger partial charge in [0.15, 0.2) is 11.5 Å². The third-order valence-corrected chi connectivity index (χ3v) is 4.91. The van der Waals surface area contributed by atoms with E-state index >= 15 is 0 Å². The van der Waals surface area contributed by atoms with E-state index in [1.807, 2.05) is 16.6 Å². The van der Waals surface area contributed by atoms with Crippen LogP contribution in [0.3, 0.4) is 0 Å². The van der Waals surface area contributed by atoms with Gasteiger partial charge in [0.2, 0.25) is 0 Å². The van der Waals surface area contributed by atoms with Crippen LogP contribution in [0.25, 0.3) is 5.65 Å². The van der Waals surface area contributed by atoms with Crippen LogP contribution < -0.4 is 10.2 Å². The molecule has 0 amide bonds. The monoisotopic (exact) mass is 350 g/mol. The second-order valence-electron chi connectivity index (χ2n) is 8.08. The van der Waals surface area contributed by atoms with Crippen molar-refractivity contribution in [2.24, 2.45) is 5.92 Å². The molecule has 1 atom stereocenters. The molecule has 0 aliphatic carbocycles. The molecule has 3 heterocycles. The van der Waals surface area contributed by atoms with Crippen molar-refractivity contribution < 1.29 is 0 Å². The number of hydrogen-bond acceptors (Lipinski definition) is 5. The van der Waals surface area contributed by atoms with Gasteiger partial charge < -0.3 is 10.2 Å². The van der Waals surface area contributed by atoms with E-state index in [9.17, 15) is 0 Å². The summed E-state index contributed by atoms with van der Waals surface area (Å²) < 4.78 is 1.85. The van der Waals surface area contributed by atoms with Gasteiger partial charge in [0, 0.05) is 30.7 Å². The highest BCUT2D eigenvalue weighted by Crippen LogP contribution is 2.24. The smallest absolute Gasteiger partial charge is 0.178 e. The molecule has 1 N–H and O–H groups in total. The molecule has 6 nitrogen and oxygen atoms in total. The summed E-state index contributed by atoms with van der Waals surface area (Å²) in [6.45, 7) is 9.50. The molecule has 4 rings (SSSR count). The number of nitrogens with zero attached hydrogens (tertiary/aromatic N) is 5. The Morgan fingerprint density at radius 1 is 1.08 bits per heavy atom. The lowest BCUT2D eigenvalue weighted by Crippen LogP contribution is -2.23. The van der Waals surface area contributed by atoms with Gasteiger partial charge in [-0.15, -0.1) is 15.3 Å². The highest BCUT2D eigenvalue weighted by atomic mass is 15.4. The number of hydrogen-bond donors (Lipinski definition) is 1. The first kappa shape index (κ1) is 16.8.